The Hall–Kier alpha value is -1.39. The number of rotatable bonds is 5. The van der Waals surface area contributed by atoms with E-state index in [2.05, 4.69) is 29.5 Å². The van der Waals surface area contributed by atoms with Crippen LogP contribution in [-0.4, -0.2) is 21.5 Å². The van der Waals surface area contributed by atoms with Crippen molar-refractivity contribution in [3.05, 3.63) is 40.7 Å². The van der Waals surface area contributed by atoms with Gasteiger partial charge in [-0.15, -0.1) is 5.10 Å². The van der Waals surface area contributed by atoms with E-state index in [1.165, 1.54) is 0 Å². The van der Waals surface area contributed by atoms with E-state index in [1.807, 2.05) is 35.9 Å². The van der Waals surface area contributed by atoms with Gasteiger partial charge in [0.15, 0.2) is 0 Å². The largest absolute Gasteiger partial charge is 0.309 e. The van der Waals surface area contributed by atoms with Crippen LogP contribution in [0.1, 0.15) is 37.7 Å². The van der Waals surface area contributed by atoms with Crippen LogP contribution in [0.4, 0.5) is 0 Å². The Balaban J connectivity index is 2.27. The van der Waals surface area contributed by atoms with Gasteiger partial charge in [0.05, 0.1) is 17.4 Å². The van der Waals surface area contributed by atoms with Crippen LogP contribution in [0.3, 0.4) is 0 Å². The van der Waals surface area contributed by atoms with Gasteiger partial charge in [-0.1, -0.05) is 29.8 Å². The molecule has 1 atom stereocenters. The van der Waals surface area contributed by atoms with Crippen molar-refractivity contribution in [2.24, 2.45) is 0 Å². The van der Waals surface area contributed by atoms with Crippen molar-refractivity contribution >= 4 is 11.6 Å². The maximum absolute atomic E-state index is 6.01. The zero-order chi connectivity index (χ0) is 13.8. The monoisotopic (exact) mass is 278 g/mol. The van der Waals surface area contributed by atoms with Gasteiger partial charge in [0, 0.05) is 5.02 Å². The first-order chi connectivity index (χ1) is 9.13. The van der Waals surface area contributed by atoms with Gasteiger partial charge in [0.2, 0.25) is 0 Å². The first-order valence-corrected chi connectivity index (χ1v) is 6.92. The molecular weight excluding hydrogens is 260 g/mol. The number of hydrogen-bond donors (Lipinski definition) is 1. The number of halogens is 1. The molecule has 0 radical (unpaired) electrons. The first-order valence-electron chi connectivity index (χ1n) is 6.55. The van der Waals surface area contributed by atoms with E-state index < -0.39 is 0 Å². The van der Waals surface area contributed by atoms with Crippen LogP contribution in [0.25, 0.3) is 5.69 Å². The highest BCUT2D eigenvalue weighted by atomic mass is 35.5. The number of hydrogen-bond acceptors (Lipinski definition) is 3. The lowest BCUT2D eigenvalue weighted by molar-refractivity contribution is 0.555. The van der Waals surface area contributed by atoms with Crippen LogP contribution in [0.15, 0.2) is 24.3 Å². The molecule has 2 rings (SSSR count). The lowest BCUT2D eigenvalue weighted by Gasteiger charge is -2.11. The van der Waals surface area contributed by atoms with E-state index in [4.69, 9.17) is 11.6 Å². The fourth-order valence-corrected chi connectivity index (χ4v) is 2.24. The van der Waals surface area contributed by atoms with Gasteiger partial charge in [-0.3, -0.25) is 0 Å². The minimum absolute atomic E-state index is 0.202. The van der Waals surface area contributed by atoms with Crippen LogP contribution < -0.4 is 5.32 Å². The normalized spacial score (nSPS) is 12.6. The molecule has 1 aromatic carbocycles. The van der Waals surface area contributed by atoms with E-state index in [1.54, 1.807) is 0 Å². The summed E-state index contributed by atoms with van der Waals surface area (Å²) in [5, 5.41) is 12.6. The standard InChI is InChI=1S/C14H19ClN4/c1-4-8-16-10(2)14-11(3)19(18-17-14)13-7-5-6-12(15)9-13/h5-7,9-10,16H,4,8H2,1-3H3. The molecule has 19 heavy (non-hydrogen) atoms. The third-order valence-electron chi connectivity index (χ3n) is 3.09. The number of benzene rings is 1. The molecule has 5 heteroatoms. The van der Waals surface area contributed by atoms with Crippen molar-refractivity contribution in [3.63, 3.8) is 0 Å². The summed E-state index contributed by atoms with van der Waals surface area (Å²) in [4.78, 5) is 0. The average Bonchev–Trinajstić information content (AvgIpc) is 2.78. The molecule has 0 aliphatic carbocycles. The van der Waals surface area contributed by atoms with Gasteiger partial charge in [0.25, 0.3) is 0 Å². The summed E-state index contributed by atoms with van der Waals surface area (Å²) in [7, 11) is 0. The maximum Gasteiger partial charge on any atom is 0.103 e. The van der Waals surface area contributed by atoms with Gasteiger partial charge in [-0.2, -0.15) is 0 Å². The Bertz CT molecular complexity index is 550. The highest BCUT2D eigenvalue weighted by molar-refractivity contribution is 6.30. The topological polar surface area (TPSA) is 42.7 Å². The average molecular weight is 279 g/mol. The second-order valence-corrected chi connectivity index (χ2v) is 5.06. The zero-order valence-electron chi connectivity index (χ0n) is 11.5. The lowest BCUT2D eigenvalue weighted by Crippen LogP contribution is -2.20. The zero-order valence-corrected chi connectivity index (χ0v) is 12.3. The molecule has 0 saturated heterocycles. The second-order valence-electron chi connectivity index (χ2n) is 4.63. The molecule has 0 aliphatic rings. The summed E-state index contributed by atoms with van der Waals surface area (Å²) in [6.45, 7) is 7.26. The molecule has 1 aromatic heterocycles. The molecular formula is C14H19ClN4. The van der Waals surface area contributed by atoms with E-state index in [9.17, 15) is 0 Å². The smallest absolute Gasteiger partial charge is 0.103 e. The predicted molar refractivity (Wildman–Crippen MR) is 77.8 cm³/mol. The summed E-state index contributed by atoms with van der Waals surface area (Å²) in [5.41, 5.74) is 2.96. The summed E-state index contributed by atoms with van der Waals surface area (Å²) in [5.74, 6) is 0. The van der Waals surface area contributed by atoms with Crippen LogP contribution in [0.2, 0.25) is 5.02 Å². The third kappa shape index (κ3) is 3.14. The molecule has 0 amide bonds. The van der Waals surface area contributed by atoms with Gasteiger partial charge < -0.3 is 5.32 Å². The number of nitrogens with one attached hydrogen (secondary N) is 1. The Labute approximate surface area is 118 Å². The second kappa shape index (κ2) is 6.17. The van der Waals surface area contributed by atoms with Crippen molar-refractivity contribution in [3.8, 4) is 5.69 Å². The molecule has 0 bridgehead atoms. The Morgan fingerprint density at radius 3 is 2.89 bits per heavy atom. The van der Waals surface area contributed by atoms with E-state index in [0.29, 0.717) is 5.02 Å². The maximum atomic E-state index is 6.01. The number of aromatic nitrogens is 3. The number of nitrogens with zero attached hydrogens (tertiary/aromatic N) is 3. The van der Waals surface area contributed by atoms with E-state index in [0.717, 1.165) is 30.0 Å². The van der Waals surface area contributed by atoms with E-state index >= 15 is 0 Å². The van der Waals surface area contributed by atoms with Crippen LogP contribution >= 0.6 is 11.6 Å². The molecule has 0 spiro atoms. The molecule has 1 heterocycles. The Morgan fingerprint density at radius 1 is 1.42 bits per heavy atom. The highest BCUT2D eigenvalue weighted by Crippen LogP contribution is 2.19. The fraction of sp³-hybridized carbons (Fsp3) is 0.429. The molecule has 1 N–H and O–H groups in total. The fourth-order valence-electron chi connectivity index (χ4n) is 2.05. The SMILES string of the molecule is CCCNC(C)c1nnn(-c2cccc(Cl)c2)c1C. The minimum Gasteiger partial charge on any atom is -0.309 e. The van der Waals surface area contributed by atoms with Crippen LogP contribution in [-0.2, 0) is 0 Å². The molecule has 0 aliphatic heterocycles. The summed E-state index contributed by atoms with van der Waals surface area (Å²) >= 11 is 6.01. The third-order valence-corrected chi connectivity index (χ3v) is 3.33. The predicted octanol–water partition coefficient (Wildman–Crippen LogP) is 3.29. The Morgan fingerprint density at radius 2 is 2.21 bits per heavy atom. The van der Waals surface area contributed by atoms with Gasteiger partial charge >= 0.3 is 0 Å². The minimum atomic E-state index is 0.202. The highest BCUT2D eigenvalue weighted by Gasteiger charge is 2.15. The van der Waals surface area contributed by atoms with Gasteiger partial charge in [0.1, 0.15) is 5.69 Å². The quantitative estimate of drug-likeness (QED) is 0.913. The summed E-state index contributed by atoms with van der Waals surface area (Å²) in [6, 6.07) is 7.83. The molecule has 1 unspecified atom stereocenters. The van der Waals surface area contributed by atoms with Crippen molar-refractivity contribution in [2.45, 2.75) is 33.2 Å². The molecule has 4 nitrogen and oxygen atoms in total. The molecule has 0 saturated carbocycles. The van der Waals surface area contributed by atoms with Gasteiger partial charge in [-0.05, 0) is 45.0 Å². The van der Waals surface area contributed by atoms with Crippen LogP contribution in [0, 0.1) is 6.92 Å². The molecule has 102 valence electrons. The molecule has 2 aromatic rings. The summed E-state index contributed by atoms with van der Waals surface area (Å²) < 4.78 is 1.82. The van der Waals surface area contributed by atoms with Crippen molar-refractivity contribution < 1.29 is 0 Å². The lowest BCUT2D eigenvalue weighted by atomic mass is 10.2. The van der Waals surface area contributed by atoms with Crippen molar-refractivity contribution in [1.29, 1.82) is 0 Å². The Kier molecular flexibility index (Phi) is 4.56. The van der Waals surface area contributed by atoms with Gasteiger partial charge in [-0.25, -0.2) is 4.68 Å². The van der Waals surface area contributed by atoms with Crippen molar-refractivity contribution in [1.82, 2.24) is 20.3 Å². The molecule has 0 fully saturated rings. The summed E-state index contributed by atoms with van der Waals surface area (Å²) in [6.07, 6.45) is 1.10. The first kappa shape index (κ1) is 14.0. The van der Waals surface area contributed by atoms with Crippen LogP contribution in [0.5, 0.6) is 0 Å². The van der Waals surface area contributed by atoms with Crippen molar-refractivity contribution in [2.75, 3.05) is 6.54 Å². The van der Waals surface area contributed by atoms with E-state index in [-0.39, 0.29) is 6.04 Å².